The van der Waals surface area contributed by atoms with Crippen molar-refractivity contribution in [3.63, 3.8) is 0 Å². The highest BCUT2D eigenvalue weighted by molar-refractivity contribution is 5.87. The second-order valence-corrected chi connectivity index (χ2v) is 4.72. The maximum atomic E-state index is 9.84. The molecule has 1 aliphatic heterocycles. The Morgan fingerprint density at radius 1 is 1.47 bits per heavy atom. The van der Waals surface area contributed by atoms with Crippen molar-refractivity contribution in [2.45, 2.75) is 52.4 Å². The van der Waals surface area contributed by atoms with Crippen LogP contribution in [-0.4, -0.2) is 35.6 Å². The van der Waals surface area contributed by atoms with Gasteiger partial charge >= 0.3 is 0 Å². The summed E-state index contributed by atoms with van der Waals surface area (Å²) >= 11 is 0. The summed E-state index contributed by atoms with van der Waals surface area (Å²) in [5.74, 6) is 0.403. The zero-order valence-electron chi connectivity index (χ0n) is 10.0. The maximum absolute atomic E-state index is 9.84. The van der Waals surface area contributed by atoms with E-state index in [1.807, 2.05) is 0 Å². The molecule has 0 aliphatic carbocycles. The number of aliphatic hydroxyl groups excluding tert-OH is 1. The summed E-state index contributed by atoms with van der Waals surface area (Å²) in [6, 6.07) is 0.381. The summed E-state index contributed by atoms with van der Waals surface area (Å²) in [5.41, 5.74) is 1.04. The van der Waals surface area contributed by atoms with Crippen LogP contribution in [0.3, 0.4) is 0 Å². The zero-order valence-corrected chi connectivity index (χ0v) is 10.0. The molecule has 0 bridgehead atoms. The lowest BCUT2D eigenvalue weighted by atomic mass is 10.0. The standard InChI is InChI=1S/C11H22N2O2/c1-7(2)9-5-11(15-13-9)10(14)6-12-8(3)4/h7-8,10-12,14H,5-6H2,1-4H3/t10-,11-/m0/s1. The highest BCUT2D eigenvalue weighted by Gasteiger charge is 2.29. The Hall–Kier alpha value is -0.610. The van der Waals surface area contributed by atoms with E-state index in [4.69, 9.17) is 4.84 Å². The number of hydrogen-bond donors (Lipinski definition) is 2. The van der Waals surface area contributed by atoms with Gasteiger partial charge in [-0.25, -0.2) is 0 Å². The average Bonchev–Trinajstić information content (AvgIpc) is 2.62. The van der Waals surface area contributed by atoms with Gasteiger partial charge in [-0.2, -0.15) is 0 Å². The van der Waals surface area contributed by atoms with E-state index in [-0.39, 0.29) is 6.10 Å². The number of oxime groups is 1. The first-order valence-electron chi connectivity index (χ1n) is 5.64. The normalized spacial score (nSPS) is 23.1. The summed E-state index contributed by atoms with van der Waals surface area (Å²) in [4.78, 5) is 5.22. The fraction of sp³-hybridized carbons (Fsp3) is 0.909. The number of nitrogens with one attached hydrogen (secondary N) is 1. The quantitative estimate of drug-likeness (QED) is 0.721. The summed E-state index contributed by atoms with van der Waals surface area (Å²) in [7, 11) is 0. The molecule has 88 valence electrons. The van der Waals surface area contributed by atoms with Crippen LogP contribution in [0.25, 0.3) is 0 Å². The molecular weight excluding hydrogens is 192 g/mol. The lowest BCUT2D eigenvalue weighted by Gasteiger charge is -2.18. The SMILES string of the molecule is CC(C)NC[C@H](O)[C@@H]1CC(C(C)C)=NO1. The Balaban J connectivity index is 2.29. The van der Waals surface area contributed by atoms with Crippen LogP contribution in [0.5, 0.6) is 0 Å². The molecule has 0 saturated heterocycles. The topological polar surface area (TPSA) is 53.8 Å². The molecule has 0 amide bonds. The van der Waals surface area contributed by atoms with Gasteiger partial charge in [0.15, 0.2) is 6.10 Å². The van der Waals surface area contributed by atoms with Gasteiger partial charge in [0.05, 0.1) is 5.71 Å². The largest absolute Gasteiger partial charge is 0.389 e. The number of nitrogens with zero attached hydrogens (tertiary/aromatic N) is 1. The van der Waals surface area contributed by atoms with Crippen molar-refractivity contribution in [2.75, 3.05) is 6.54 Å². The molecule has 1 heterocycles. The lowest BCUT2D eigenvalue weighted by molar-refractivity contribution is -0.0166. The summed E-state index contributed by atoms with van der Waals surface area (Å²) in [6.07, 6.45) is 0.0968. The van der Waals surface area contributed by atoms with Gasteiger partial charge in [0.2, 0.25) is 0 Å². The minimum atomic E-state index is -0.479. The summed E-state index contributed by atoms with van der Waals surface area (Å²) in [5, 5.41) is 17.0. The molecule has 2 N–H and O–H groups in total. The first-order valence-corrected chi connectivity index (χ1v) is 5.64. The van der Waals surface area contributed by atoms with E-state index < -0.39 is 6.10 Å². The molecule has 0 spiro atoms. The van der Waals surface area contributed by atoms with E-state index in [9.17, 15) is 5.11 Å². The summed E-state index contributed by atoms with van der Waals surface area (Å²) < 4.78 is 0. The molecule has 0 saturated carbocycles. The van der Waals surface area contributed by atoms with Crippen LogP contribution in [-0.2, 0) is 4.84 Å². The highest BCUT2D eigenvalue weighted by Crippen LogP contribution is 2.18. The third-order valence-corrected chi connectivity index (χ3v) is 2.55. The van der Waals surface area contributed by atoms with Crippen LogP contribution in [0.2, 0.25) is 0 Å². The Kier molecular flexibility index (Phi) is 4.54. The highest BCUT2D eigenvalue weighted by atomic mass is 16.7. The molecule has 0 radical (unpaired) electrons. The van der Waals surface area contributed by atoms with E-state index in [1.165, 1.54) is 0 Å². The molecule has 4 heteroatoms. The van der Waals surface area contributed by atoms with E-state index in [0.717, 1.165) is 12.1 Å². The van der Waals surface area contributed by atoms with E-state index in [1.54, 1.807) is 0 Å². The van der Waals surface area contributed by atoms with Crippen LogP contribution in [0.15, 0.2) is 5.16 Å². The first-order chi connectivity index (χ1) is 7.00. The van der Waals surface area contributed by atoms with Crippen LogP contribution < -0.4 is 5.32 Å². The van der Waals surface area contributed by atoms with Crippen LogP contribution in [0.1, 0.15) is 34.1 Å². The third-order valence-electron chi connectivity index (χ3n) is 2.55. The molecule has 15 heavy (non-hydrogen) atoms. The predicted molar refractivity (Wildman–Crippen MR) is 60.9 cm³/mol. The van der Waals surface area contributed by atoms with Crippen LogP contribution in [0, 0.1) is 5.92 Å². The molecule has 4 nitrogen and oxygen atoms in total. The fourth-order valence-electron chi connectivity index (χ4n) is 1.45. The van der Waals surface area contributed by atoms with Crippen molar-refractivity contribution in [1.29, 1.82) is 0 Å². The first kappa shape index (κ1) is 12.5. The number of rotatable bonds is 5. The zero-order chi connectivity index (χ0) is 11.4. The number of hydrogen-bond acceptors (Lipinski definition) is 4. The fourth-order valence-corrected chi connectivity index (χ4v) is 1.45. The minimum absolute atomic E-state index is 0.173. The number of aliphatic hydroxyl groups is 1. The minimum Gasteiger partial charge on any atom is -0.389 e. The second-order valence-electron chi connectivity index (χ2n) is 4.72. The van der Waals surface area contributed by atoms with E-state index >= 15 is 0 Å². The van der Waals surface area contributed by atoms with E-state index in [2.05, 4.69) is 38.2 Å². The molecule has 0 aromatic carbocycles. The van der Waals surface area contributed by atoms with Crippen LogP contribution >= 0.6 is 0 Å². The Labute approximate surface area is 91.7 Å². The molecule has 2 atom stereocenters. The molecule has 0 aromatic heterocycles. The molecule has 1 rings (SSSR count). The van der Waals surface area contributed by atoms with Gasteiger partial charge < -0.3 is 15.3 Å². The lowest BCUT2D eigenvalue weighted by Crippen LogP contribution is -2.39. The van der Waals surface area contributed by atoms with Crippen molar-refractivity contribution in [3.05, 3.63) is 0 Å². The summed E-state index contributed by atoms with van der Waals surface area (Å²) in [6.45, 7) is 8.84. The van der Waals surface area contributed by atoms with E-state index in [0.29, 0.717) is 18.5 Å². The van der Waals surface area contributed by atoms with Crippen molar-refractivity contribution in [3.8, 4) is 0 Å². The third kappa shape index (κ3) is 3.80. The Morgan fingerprint density at radius 2 is 2.13 bits per heavy atom. The van der Waals surface area contributed by atoms with Gasteiger partial charge in [-0.05, 0) is 5.92 Å². The van der Waals surface area contributed by atoms with Crippen LogP contribution in [0.4, 0.5) is 0 Å². The van der Waals surface area contributed by atoms with Gasteiger partial charge in [0.1, 0.15) is 6.10 Å². The Bertz CT molecular complexity index is 227. The molecule has 1 aliphatic rings. The Morgan fingerprint density at radius 3 is 2.60 bits per heavy atom. The van der Waals surface area contributed by atoms with Gasteiger partial charge in [-0.3, -0.25) is 0 Å². The predicted octanol–water partition coefficient (Wildman–Crippen LogP) is 1.15. The molecule has 0 unspecified atom stereocenters. The van der Waals surface area contributed by atoms with Crippen molar-refractivity contribution in [1.82, 2.24) is 5.32 Å². The molecule has 0 aromatic rings. The van der Waals surface area contributed by atoms with Crippen molar-refractivity contribution >= 4 is 5.71 Å². The van der Waals surface area contributed by atoms with Gasteiger partial charge in [-0.15, -0.1) is 0 Å². The van der Waals surface area contributed by atoms with Crippen molar-refractivity contribution in [2.24, 2.45) is 11.1 Å². The van der Waals surface area contributed by atoms with Gasteiger partial charge in [0.25, 0.3) is 0 Å². The van der Waals surface area contributed by atoms with Crippen molar-refractivity contribution < 1.29 is 9.94 Å². The second kappa shape index (κ2) is 5.47. The smallest absolute Gasteiger partial charge is 0.159 e. The average molecular weight is 214 g/mol. The van der Waals surface area contributed by atoms with Gasteiger partial charge in [0, 0.05) is 19.0 Å². The molecule has 0 fully saturated rings. The molecular formula is C11H22N2O2. The monoisotopic (exact) mass is 214 g/mol. The van der Waals surface area contributed by atoms with Gasteiger partial charge in [-0.1, -0.05) is 32.9 Å². The maximum Gasteiger partial charge on any atom is 0.159 e.